The Kier molecular flexibility index (Phi) is 6.22. The van der Waals surface area contributed by atoms with E-state index < -0.39 is 0 Å². The van der Waals surface area contributed by atoms with E-state index in [9.17, 15) is 9.59 Å². The van der Waals surface area contributed by atoms with E-state index in [0.717, 1.165) is 35.5 Å². The number of benzene rings is 1. The van der Waals surface area contributed by atoms with E-state index in [4.69, 9.17) is 4.74 Å². The lowest BCUT2D eigenvalue weighted by Crippen LogP contribution is -2.28. The molecule has 1 amide bonds. The van der Waals surface area contributed by atoms with Crippen LogP contribution in [-0.4, -0.2) is 49.8 Å². The van der Waals surface area contributed by atoms with Gasteiger partial charge in [-0.25, -0.2) is 0 Å². The van der Waals surface area contributed by atoms with Gasteiger partial charge in [-0.2, -0.15) is 0 Å². The fourth-order valence-electron chi connectivity index (χ4n) is 3.78. The molecule has 4 heterocycles. The van der Waals surface area contributed by atoms with Crippen molar-refractivity contribution in [1.82, 2.24) is 19.2 Å². The summed E-state index contributed by atoms with van der Waals surface area (Å²) in [7, 11) is 0. The van der Waals surface area contributed by atoms with Crippen LogP contribution in [0, 0.1) is 0 Å². The number of ether oxygens (including phenoxy) is 1. The van der Waals surface area contributed by atoms with E-state index in [0.29, 0.717) is 22.2 Å². The van der Waals surface area contributed by atoms with Crippen LogP contribution in [-0.2, 0) is 16.1 Å². The van der Waals surface area contributed by atoms with Crippen LogP contribution >= 0.6 is 34.9 Å². The molecule has 166 valence electrons. The summed E-state index contributed by atoms with van der Waals surface area (Å²) in [5, 5.41) is 14.0. The van der Waals surface area contributed by atoms with Gasteiger partial charge in [-0.1, -0.05) is 17.8 Å². The maximum atomic E-state index is 13.1. The zero-order valence-electron chi connectivity index (χ0n) is 17.3. The normalized spacial score (nSPS) is 16.2. The van der Waals surface area contributed by atoms with Crippen LogP contribution in [0.3, 0.4) is 0 Å². The van der Waals surface area contributed by atoms with Gasteiger partial charge >= 0.3 is 0 Å². The second-order valence-electron chi connectivity index (χ2n) is 7.37. The highest BCUT2D eigenvalue weighted by molar-refractivity contribution is 7.99. The molecule has 1 atom stereocenters. The second-order valence-corrected chi connectivity index (χ2v) is 10.1. The number of nitrogens with zero attached hydrogens (tertiary/aromatic N) is 4. The highest BCUT2D eigenvalue weighted by atomic mass is 32.2. The molecule has 11 heteroatoms. The van der Waals surface area contributed by atoms with Crippen LogP contribution in [0.25, 0.3) is 16.0 Å². The molecular formula is C21H21N5O3S3. The lowest BCUT2D eigenvalue weighted by molar-refractivity contribution is -0.113. The molecule has 0 radical (unpaired) electrons. The second kappa shape index (κ2) is 9.26. The molecule has 1 aliphatic heterocycles. The predicted octanol–water partition coefficient (Wildman–Crippen LogP) is 3.74. The third kappa shape index (κ3) is 4.17. The number of rotatable bonds is 7. The number of carbonyl (C=O) groups excluding carboxylic acids is 1. The zero-order chi connectivity index (χ0) is 22.1. The Balaban J connectivity index is 1.41. The van der Waals surface area contributed by atoms with E-state index >= 15 is 0 Å². The van der Waals surface area contributed by atoms with Gasteiger partial charge in [0.2, 0.25) is 11.7 Å². The number of thiophene rings is 1. The van der Waals surface area contributed by atoms with Crippen LogP contribution < -0.4 is 10.9 Å². The third-order valence-electron chi connectivity index (χ3n) is 5.28. The van der Waals surface area contributed by atoms with Crippen LogP contribution in [0.5, 0.6) is 0 Å². The monoisotopic (exact) mass is 487 g/mol. The van der Waals surface area contributed by atoms with Gasteiger partial charge in [0.05, 0.1) is 23.9 Å². The van der Waals surface area contributed by atoms with Crippen LogP contribution in [0.4, 0.5) is 5.69 Å². The van der Waals surface area contributed by atoms with Gasteiger partial charge in [-0.15, -0.1) is 33.3 Å². The van der Waals surface area contributed by atoms with Gasteiger partial charge < -0.3 is 10.1 Å². The molecule has 0 saturated carbocycles. The SMILES string of the molecule is CSc1cccc(NC(=O)CSc2nnc3n(C[C@@H]4CCCO4)c(=O)c4sccc4n23)c1. The molecule has 0 bridgehead atoms. The van der Waals surface area contributed by atoms with Crippen molar-refractivity contribution in [3.05, 3.63) is 46.1 Å². The molecule has 5 rings (SSSR count). The maximum absolute atomic E-state index is 13.1. The summed E-state index contributed by atoms with van der Waals surface area (Å²) in [5.74, 6) is 0.534. The Hall–Kier alpha value is -2.34. The summed E-state index contributed by atoms with van der Waals surface area (Å²) >= 11 is 4.33. The van der Waals surface area contributed by atoms with Crippen LogP contribution in [0.1, 0.15) is 12.8 Å². The summed E-state index contributed by atoms with van der Waals surface area (Å²) < 4.78 is 9.91. The Morgan fingerprint density at radius 3 is 3.06 bits per heavy atom. The lowest BCUT2D eigenvalue weighted by atomic mass is 10.2. The molecule has 1 N–H and O–H groups in total. The number of fused-ring (bicyclic) bond motifs is 3. The quantitative estimate of drug-likeness (QED) is 0.397. The zero-order valence-corrected chi connectivity index (χ0v) is 19.8. The Labute approximate surface area is 196 Å². The molecular weight excluding hydrogens is 466 g/mol. The molecule has 1 saturated heterocycles. The Morgan fingerprint density at radius 1 is 1.34 bits per heavy atom. The first kappa shape index (κ1) is 21.5. The number of hydrogen-bond acceptors (Lipinski definition) is 8. The Morgan fingerprint density at radius 2 is 2.25 bits per heavy atom. The molecule has 0 aliphatic carbocycles. The van der Waals surface area contributed by atoms with Crippen molar-refractivity contribution in [2.45, 2.75) is 35.5 Å². The summed E-state index contributed by atoms with van der Waals surface area (Å²) in [5.41, 5.74) is 1.45. The molecule has 4 aromatic rings. The van der Waals surface area contributed by atoms with Crippen molar-refractivity contribution in [3.8, 4) is 0 Å². The Bertz CT molecular complexity index is 1340. The van der Waals surface area contributed by atoms with E-state index in [1.165, 1.54) is 23.1 Å². The van der Waals surface area contributed by atoms with Crippen molar-refractivity contribution in [2.24, 2.45) is 0 Å². The number of carbonyl (C=O) groups is 1. The third-order valence-corrected chi connectivity index (χ3v) is 7.82. The van der Waals surface area contributed by atoms with E-state index in [2.05, 4.69) is 15.5 Å². The van der Waals surface area contributed by atoms with Crippen LogP contribution in [0.2, 0.25) is 0 Å². The first-order valence-electron chi connectivity index (χ1n) is 10.2. The largest absolute Gasteiger partial charge is 0.376 e. The molecule has 0 spiro atoms. The van der Waals surface area contributed by atoms with Crippen molar-refractivity contribution in [1.29, 1.82) is 0 Å². The van der Waals surface area contributed by atoms with Gasteiger partial charge in [0, 0.05) is 17.2 Å². The van der Waals surface area contributed by atoms with Gasteiger partial charge in [-0.05, 0) is 48.7 Å². The molecule has 32 heavy (non-hydrogen) atoms. The van der Waals surface area contributed by atoms with Gasteiger partial charge in [0.15, 0.2) is 5.16 Å². The topological polar surface area (TPSA) is 90.5 Å². The van der Waals surface area contributed by atoms with Crippen molar-refractivity contribution < 1.29 is 9.53 Å². The van der Waals surface area contributed by atoms with Gasteiger partial charge in [0.25, 0.3) is 5.56 Å². The summed E-state index contributed by atoms with van der Waals surface area (Å²) in [6.07, 6.45) is 3.93. The van der Waals surface area contributed by atoms with Crippen molar-refractivity contribution >= 4 is 62.4 Å². The number of anilines is 1. The molecule has 1 aromatic carbocycles. The maximum Gasteiger partial charge on any atom is 0.272 e. The smallest absolute Gasteiger partial charge is 0.272 e. The number of thioether (sulfide) groups is 2. The number of hydrogen-bond donors (Lipinski definition) is 1. The van der Waals surface area contributed by atoms with Gasteiger partial charge in [-0.3, -0.25) is 18.6 Å². The molecule has 3 aromatic heterocycles. The minimum absolute atomic E-state index is 0.00420. The van der Waals surface area contributed by atoms with Gasteiger partial charge in [0.1, 0.15) is 4.70 Å². The molecule has 1 fully saturated rings. The fraction of sp³-hybridized carbons (Fsp3) is 0.333. The van der Waals surface area contributed by atoms with E-state index in [1.807, 2.05) is 46.4 Å². The average Bonchev–Trinajstić information content (AvgIpc) is 3.56. The molecule has 1 aliphatic rings. The number of nitrogens with one attached hydrogen (secondary N) is 1. The lowest BCUT2D eigenvalue weighted by Gasteiger charge is -2.13. The summed E-state index contributed by atoms with van der Waals surface area (Å²) in [6, 6.07) is 9.62. The minimum atomic E-state index is -0.126. The van der Waals surface area contributed by atoms with Crippen molar-refractivity contribution in [3.63, 3.8) is 0 Å². The average molecular weight is 488 g/mol. The molecule has 0 unspecified atom stereocenters. The highest BCUT2D eigenvalue weighted by Gasteiger charge is 2.23. The minimum Gasteiger partial charge on any atom is -0.376 e. The van der Waals surface area contributed by atoms with Crippen molar-refractivity contribution in [2.75, 3.05) is 23.9 Å². The standard InChI is InChI=1S/C21H21N5O3S3/c1-30-15-6-2-4-13(10-15)22-17(27)12-32-21-24-23-20-25(11-14-5-3-8-29-14)19(28)18-16(26(20)21)7-9-31-18/h2,4,6-7,9-10,14H,3,5,8,11-12H2,1H3,(H,22,27)/t14-/m0/s1. The number of amides is 1. The summed E-state index contributed by atoms with van der Waals surface area (Å²) in [6.45, 7) is 1.17. The predicted molar refractivity (Wildman–Crippen MR) is 129 cm³/mol. The van der Waals surface area contributed by atoms with Crippen LogP contribution in [0.15, 0.2) is 50.6 Å². The first-order chi connectivity index (χ1) is 15.6. The van der Waals surface area contributed by atoms with E-state index in [1.54, 1.807) is 16.3 Å². The highest BCUT2D eigenvalue weighted by Crippen LogP contribution is 2.26. The fourth-order valence-corrected chi connectivity index (χ4v) is 5.80. The molecule has 8 nitrogen and oxygen atoms in total. The summed E-state index contributed by atoms with van der Waals surface area (Å²) in [4.78, 5) is 26.7. The van der Waals surface area contributed by atoms with E-state index in [-0.39, 0.29) is 23.3 Å². The number of aromatic nitrogens is 4. The first-order valence-corrected chi connectivity index (χ1v) is 13.3.